The van der Waals surface area contributed by atoms with Gasteiger partial charge in [0.1, 0.15) is 0 Å². The molecule has 0 bridgehead atoms. The standard InChI is InChI=1S/C12H12O2/c13-7-12-9-14-8-11(12)6-10-4-2-1-3-5-10/h1-5,8-9,13H,6-7H2. The number of hydrogen-bond donors (Lipinski definition) is 1. The largest absolute Gasteiger partial charge is 0.472 e. The third-order valence-corrected chi connectivity index (χ3v) is 2.24. The van der Waals surface area contributed by atoms with Gasteiger partial charge in [-0.05, 0) is 5.56 Å². The van der Waals surface area contributed by atoms with Gasteiger partial charge in [-0.3, -0.25) is 0 Å². The molecule has 0 fully saturated rings. The van der Waals surface area contributed by atoms with Crippen molar-refractivity contribution in [1.29, 1.82) is 0 Å². The van der Waals surface area contributed by atoms with Crippen molar-refractivity contribution in [2.24, 2.45) is 0 Å². The molecule has 14 heavy (non-hydrogen) atoms. The molecule has 1 heterocycles. The molecule has 0 aliphatic heterocycles. The van der Waals surface area contributed by atoms with E-state index in [1.165, 1.54) is 5.56 Å². The molecule has 0 amide bonds. The molecule has 2 heteroatoms. The summed E-state index contributed by atoms with van der Waals surface area (Å²) in [7, 11) is 0. The lowest BCUT2D eigenvalue weighted by Crippen LogP contribution is -1.90. The Morgan fingerprint density at radius 1 is 1.00 bits per heavy atom. The molecule has 2 nitrogen and oxygen atoms in total. The van der Waals surface area contributed by atoms with Crippen LogP contribution in [0, 0.1) is 0 Å². The van der Waals surface area contributed by atoms with Crippen molar-refractivity contribution in [2.75, 3.05) is 0 Å². The molecule has 0 spiro atoms. The summed E-state index contributed by atoms with van der Waals surface area (Å²) in [5.74, 6) is 0. The Hall–Kier alpha value is -1.54. The zero-order valence-corrected chi connectivity index (χ0v) is 7.81. The minimum absolute atomic E-state index is 0.0403. The van der Waals surface area contributed by atoms with E-state index in [2.05, 4.69) is 12.1 Å². The number of hydrogen-bond acceptors (Lipinski definition) is 2. The van der Waals surface area contributed by atoms with Crippen molar-refractivity contribution >= 4 is 0 Å². The normalized spacial score (nSPS) is 10.4. The third kappa shape index (κ3) is 1.86. The van der Waals surface area contributed by atoms with E-state index in [0.29, 0.717) is 0 Å². The fourth-order valence-corrected chi connectivity index (χ4v) is 1.46. The molecule has 0 unspecified atom stereocenters. The summed E-state index contributed by atoms with van der Waals surface area (Å²) >= 11 is 0. The van der Waals surface area contributed by atoms with Gasteiger partial charge >= 0.3 is 0 Å². The molecule has 2 rings (SSSR count). The molecule has 0 aliphatic carbocycles. The molecule has 1 aromatic carbocycles. The number of aliphatic hydroxyl groups is 1. The highest BCUT2D eigenvalue weighted by Gasteiger charge is 2.04. The lowest BCUT2D eigenvalue weighted by Gasteiger charge is -1.99. The highest BCUT2D eigenvalue weighted by molar-refractivity contribution is 5.28. The van der Waals surface area contributed by atoms with E-state index in [-0.39, 0.29) is 6.61 Å². The Balaban J connectivity index is 2.19. The van der Waals surface area contributed by atoms with Crippen LogP contribution in [0.3, 0.4) is 0 Å². The minimum Gasteiger partial charge on any atom is -0.472 e. The smallest absolute Gasteiger partial charge is 0.0960 e. The molecule has 0 radical (unpaired) electrons. The van der Waals surface area contributed by atoms with Gasteiger partial charge in [-0.1, -0.05) is 30.3 Å². The monoisotopic (exact) mass is 188 g/mol. The molecule has 0 aliphatic rings. The zero-order chi connectivity index (χ0) is 9.80. The van der Waals surface area contributed by atoms with E-state index in [4.69, 9.17) is 9.52 Å². The van der Waals surface area contributed by atoms with Crippen LogP contribution in [-0.2, 0) is 13.0 Å². The van der Waals surface area contributed by atoms with Crippen LogP contribution in [0.25, 0.3) is 0 Å². The molecule has 2 aromatic rings. The quantitative estimate of drug-likeness (QED) is 0.802. The summed E-state index contributed by atoms with van der Waals surface area (Å²) in [5, 5.41) is 9.03. The first-order valence-corrected chi connectivity index (χ1v) is 4.59. The van der Waals surface area contributed by atoms with E-state index >= 15 is 0 Å². The van der Waals surface area contributed by atoms with Crippen molar-refractivity contribution in [3.63, 3.8) is 0 Å². The molecule has 1 aromatic heterocycles. The average Bonchev–Trinajstić information content (AvgIpc) is 2.67. The number of furan rings is 1. The summed E-state index contributed by atoms with van der Waals surface area (Å²) in [6, 6.07) is 10.1. The van der Waals surface area contributed by atoms with Gasteiger partial charge in [-0.2, -0.15) is 0 Å². The van der Waals surface area contributed by atoms with Gasteiger partial charge in [0.25, 0.3) is 0 Å². The predicted octanol–water partition coefficient (Wildman–Crippen LogP) is 2.36. The van der Waals surface area contributed by atoms with Crippen molar-refractivity contribution in [1.82, 2.24) is 0 Å². The van der Waals surface area contributed by atoms with Crippen LogP contribution in [0.15, 0.2) is 47.3 Å². The fraction of sp³-hybridized carbons (Fsp3) is 0.167. The van der Waals surface area contributed by atoms with Gasteiger partial charge < -0.3 is 9.52 Å². The predicted molar refractivity (Wildman–Crippen MR) is 53.9 cm³/mol. The first-order chi connectivity index (χ1) is 6.90. The average molecular weight is 188 g/mol. The summed E-state index contributed by atoms with van der Waals surface area (Å²) < 4.78 is 5.05. The van der Waals surface area contributed by atoms with Gasteiger partial charge in [0.15, 0.2) is 0 Å². The summed E-state index contributed by atoms with van der Waals surface area (Å²) in [6.07, 6.45) is 4.10. The highest BCUT2D eigenvalue weighted by atomic mass is 16.3. The number of rotatable bonds is 3. The van der Waals surface area contributed by atoms with Gasteiger partial charge in [0.2, 0.25) is 0 Å². The lowest BCUT2D eigenvalue weighted by molar-refractivity contribution is 0.279. The zero-order valence-electron chi connectivity index (χ0n) is 7.81. The van der Waals surface area contributed by atoms with Crippen LogP contribution in [0.2, 0.25) is 0 Å². The Bertz CT molecular complexity index is 390. The van der Waals surface area contributed by atoms with Gasteiger partial charge in [-0.25, -0.2) is 0 Å². The van der Waals surface area contributed by atoms with E-state index in [1.807, 2.05) is 18.2 Å². The third-order valence-electron chi connectivity index (χ3n) is 2.24. The van der Waals surface area contributed by atoms with E-state index in [9.17, 15) is 0 Å². The first-order valence-electron chi connectivity index (χ1n) is 4.59. The number of benzene rings is 1. The number of aliphatic hydroxyl groups excluding tert-OH is 1. The molecule has 72 valence electrons. The maximum Gasteiger partial charge on any atom is 0.0960 e. The first kappa shape index (κ1) is 9.03. The lowest BCUT2D eigenvalue weighted by atomic mass is 10.0. The summed E-state index contributed by atoms with van der Waals surface area (Å²) in [4.78, 5) is 0. The molecule has 0 saturated heterocycles. The van der Waals surface area contributed by atoms with Crippen molar-refractivity contribution < 1.29 is 9.52 Å². The van der Waals surface area contributed by atoms with Crippen LogP contribution in [-0.4, -0.2) is 5.11 Å². The van der Waals surface area contributed by atoms with Crippen molar-refractivity contribution in [3.05, 3.63) is 59.5 Å². The van der Waals surface area contributed by atoms with Gasteiger partial charge in [-0.15, -0.1) is 0 Å². The maximum absolute atomic E-state index is 9.03. The Morgan fingerprint density at radius 2 is 1.71 bits per heavy atom. The van der Waals surface area contributed by atoms with Crippen molar-refractivity contribution in [3.8, 4) is 0 Å². The fourth-order valence-electron chi connectivity index (χ4n) is 1.46. The van der Waals surface area contributed by atoms with Crippen LogP contribution in [0.5, 0.6) is 0 Å². The van der Waals surface area contributed by atoms with Crippen molar-refractivity contribution in [2.45, 2.75) is 13.0 Å². The Morgan fingerprint density at radius 3 is 2.43 bits per heavy atom. The second-order valence-corrected chi connectivity index (χ2v) is 3.24. The Kier molecular flexibility index (Phi) is 2.65. The van der Waals surface area contributed by atoms with E-state index in [1.54, 1.807) is 12.5 Å². The highest BCUT2D eigenvalue weighted by Crippen LogP contribution is 2.15. The van der Waals surface area contributed by atoms with Crippen LogP contribution in [0.4, 0.5) is 0 Å². The maximum atomic E-state index is 9.03. The van der Waals surface area contributed by atoms with E-state index in [0.717, 1.165) is 17.5 Å². The Labute approximate surface area is 82.8 Å². The second-order valence-electron chi connectivity index (χ2n) is 3.24. The summed E-state index contributed by atoms with van der Waals surface area (Å²) in [5.41, 5.74) is 3.15. The molecule has 0 atom stereocenters. The van der Waals surface area contributed by atoms with Crippen LogP contribution < -0.4 is 0 Å². The van der Waals surface area contributed by atoms with Crippen LogP contribution >= 0.6 is 0 Å². The van der Waals surface area contributed by atoms with Gasteiger partial charge in [0, 0.05) is 17.5 Å². The minimum atomic E-state index is 0.0403. The molecule has 1 N–H and O–H groups in total. The van der Waals surface area contributed by atoms with Gasteiger partial charge in [0.05, 0.1) is 19.1 Å². The SMILES string of the molecule is OCc1cocc1Cc1ccccc1. The second kappa shape index (κ2) is 4.11. The molecular formula is C12H12O2. The van der Waals surface area contributed by atoms with Crippen LogP contribution in [0.1, 0.15) is 16.7 Å². The summed E-state index contributed by atoms with van der Waals surface area (Å²) in [6.45, 7) is 0.0403. The topological polar surface area (TPSA) is 33.4 Å². The molecule has 0 saturated carbocycles. The molecular weight excluding hydrogens is 176 g/mol. The van der Waals surface area contributed by atoms with E-state index < -0.39 is 0 Å².